The molecule has 6 heteroatoms. The van der Waals surface area contributed by atoms with E-state index in [1.165, 1.54) is 4.90 Å². The summed E-state index contributed by atoms with van der Waals surface area (Å²) >= 11 is 0. The second-order valence-electron chi connectivity index (χ2n) is 8.95. The highest BCUT2D eigenvalue weighted by Gasteiger charge is 2.47. The summed E-state index contributed by atoms with van der Waals surface area (Å²) in [6, 6.07) is 29.9. The second-order valence-corrected chi connectivity index (χ2v) is 8.95. The number of aryl methyl sites for hydroxylation is 1. The lowest BCUT2D eigenvalue weighted by molar-refractivity contribution is -0.132. The van der Waals surface area contributed by atoms with E-state index in [2.05, 4.69) is 0 Å². The Bertz CT molecular complexity index is 1490. The van der Waals surface area contributed by atoms with Crippen LogP contribution in [-0.2, 0) is 9.59 Å². The van der Waals surface area contributed by atoms with Crippen molar-refractivity contribution in [1.29, 1.82) is 0 Å². The van der Waals surface area contributed by atoms with Gasteiger partial charge in [-0.2, -0.15) is 0 Å². The Morgan fingerprint density at radius 3 is 2.18 bits per heavy atom. The molecule has 6 nitrogen and oxygen atoms in total. The summed E-state index contributed by atoms with van der Waals surface area (Å²) in [5.74, 6) is 0.139. The van der Waals surface area contributed by atoms with Crippen LogP contribution in [0, 0.1) is 6.92 Å². The standard InChI is InChI=1S/C32H27NO5/c1-3-37-25-18-14-22(15-19-25)30(34)28-29(33(32(36)31(28)35)24-16-12-21(2)13-17-24)23-8-7-11-27(20-23)38-26-9-5-4-6-10-26/h4-20,29,34H,3H2,1-2H3/b30-28-. The smallest absolute Gasteiger partial charge is 0.300 e. The van der Waals surface area contributed by atoms with Crippen molar-refractivity contribution < 1.29 is 24.2 Å². The summed E-state index contributed by atoms with van der Waals surface area (Å²) in [4.78, 5) is 28.3. The zero-order valence-electron chi connectivity index (χ0n) is 21.1. The predicted octanol–water partition coefficient (Wildman–Crippen LogP) is 6.81. The molecule has 4 aromatic rings. The molecule has 1 heterocycles. The maximum absolute atomic E-state index is 13.4. The highest BCUT2D eigenvalue weighted by Crippen LogP contribution is 2.43. The topological polar surface area (TPSA) is 76.1 Å². The summed E-state index contributed by atoms with van der Waals surface area (Å²) < 4.78 is 11.5. The third-order valence-electron chi connectivity index (χ3n) is 6.35. The molecule has 1 unspecified atom stereocenters. The van der Waals surface area contributed by atoms with Crippen LogP contribution in [0.1, 0.15) is 29.7 Å². The number of aliphatic hydroxyl groups excluding tert-OH is 1. The van der Waals surface area contributed by atoms with E-state index in [-0.39, 0.29) is 11.3 Å². The molecule has 0 aromatic heterocycles. The number of anilines is 1. The molecule has 1 amide bonds. The molecule has 0 radical (unpaired) electrons. The van der Waals surface area contributed by atoms with Gasteiger partial charge in [0.2, 0.25) is 0 Å². The second kappa shape index (κ2) is 10.6. The predicted molar refractivity (Wildman–Crippen MR) is 147 cm³/mol. The van der Waals surface area contributed by atoms with Gasteiger partial charge >= 0.3 is 0 Å². The molecule has 1 fully saturated rings. The maximum Gasteiger partial charge on any atom is 0.300 e. The Morgan fingerprint density at radius 2 is 1.50 bits per heavy atom. The average molecular weight is 506 g/mol. The Balaban J connectivity index is 1.63. The van der Waals surface area contributed by atoms with E-state index in [9.17, 15) is 14.7 Å². The van der Waals surface area contributed by atoms with Gasteiger partial charge in [0.15, 0.2) is 0 Å². The zero-order chi connectivity index (χ0) is 26.6. The van der Waals surface area contributed by atoms with Crippen LogP contribution in [-0.4, -0.2) is 23.4 Å². The van der Waals surface area contributed by atoms with Crippen molar-refractivity contribution in [2.45, 2.75) is 19.9 Å². The van der Waals surface area contributed by atoms with E-state index >= 15 is 0 Å². The van der Waals surface area contributed by atoms with Crippen molar-refractivity contribution in [3.05, 3.63) is 125 Å². The Morgan fingerprint density at radius 1 is 0.816 bits per heavy atom. The quantitative estimate of drug-likeness (QED) is 0.170. The fourth-order valence-electron chi connectivity index (χ4n) is 4.52. The van der Waals surface area contributed by atoms with Crippen molar-refractivity contribution in [2.75, 3.05) is 11.5 Å². The van der Waals surface area contributed by atoms with E-state index < -0.39 is 17.7 Å². The van der Waals surface area contributed by atoms with Crippen molar-refractivity contribution in [1.82, 2.24) is 0 Å². The van der Waals surface area contributed by atoms with E-state index in [4.69, 9.17) is 9.47 Å². The van der Waals surface area contributed by atoms with Gasteiger partial charge in [-0.05, 0) is 80.1 Å². The largest absolute Gasteiger partial charge is 0.507 e. The van der Waals surface area contributed by atoms with Gasteiger partial charge in [-0.25, -0.2) is 0 Å². The highest BCUT2D eigenvalue weighted by atomic mass is 16.5. The van der Waals surface area contributed by atoms with E-state index in [1.54, 1.807) is 54.6 Å². The molecule has 1 aliphatic heterocycles. The molecule has 5 rings (SSSR count). The van der Waals surface area contributed by atoms with Crippen LogP contribution in [0.5, 0.6) is 17.2 Å². The third kappa shape index (κ3) is 4.89. The molecule has 38 heavy (non-hydrogen) atoms. The SMILES string of the molecule is CCOc1ccc(/C(O)=C2/C(=O)C(=O)N(c3ccc(C)cc3)C2c2cccc(Oc3ccccc3)c2)cc1. The summed E-state index contributed by atoms with van der Waals surface area (Å²) in [6.45, 7) is 4.34. The van der Waals surface area contributed by atoms with Crippen LogP contribution in [0.4, 0.5) is 5.69 Å². The molecule has 1 atom stereocenters. The number of aliphatic hydroxyl groups is 1. The first kappa shape index (κ1) is 24.8. The molecule has 0 aliphatic carbocycles. The summed E-state index contributed by atoms with van der Waals surface area (Å²) in [7, 11) is 0. The molecule has 1 aliphatic rings. The van der Waals surface area contributed by atoms with Crippen molar-refractivity contribution >= 4 is 23.1 Å². The van der Waals surface area contributed by atoms with Crippen molar-refractivity contribution in [3.8, 4) is 17.2 Å². The monoisotopic (exact) mass is 505 g/mol. The number of ketones is 1. The Labute approximate surface area is 221 Å². The van der Waals surface area contributed by atoms with Gasteiger partial charge in [0.25, 0.3) is 11.7 Å². The van der Waals surface area contributed by atoms with E-state index in [0.717, 1.165) is 5.56 Å². The normalized spacial score (nSPS) is 16.5. The summed E-state index contributed by atoms with van der Waals surface area (Å²) in [5, 5.41) is 11.4. The average Bonchev–Trinajstić information content (AvgIpc) is 3.20. The van der Waals surface area contributed by atoms with Gasteiger partial charge < -0.3 is 14.6 Å². The Kier molecular flexibility index (Phi) is 6.96. The number of carbonyl (C=O) groups excluding carboxylic acids is 2. The number of amides is 1. The zero-order valence-corrected chi connectivity index (χ0v) is 21.1. The molecular weight excluding hydrogens is 478 g/mol. The lowest BCUT2D eigenvalue weighted by Crippen LogP contribution is -2.29. The van der Waals surface area contributed by atoms with Crippen LogP contribution < -0.4 is 14.4 Å². The summed E-state index contributed by atoms with van der Waals surface area (Å²) in [6.07, 6.45) is 0. The van der Waals surface area contributed by atoms with Crippen LogP contribution >= 0.6 is 0 Å². The number of Topliss-reactive ketones (excluding diaryl/α,β-unsaturated/α-hetero) is 1. The van der Waals surface area contributed by atoms with Gasteiger partial charge in [0, 0.05) is 11.3 Å². The molecule has 190 valence electrons. The maximum atomic E-state index is 13.4. The van der Waals surface area contributed by atoms with E-state index in [1.807, 2.05) is 62.4 Å². The first-order valence-electron chi connectivity index (χ1n) is 12.4. The minimum atomic E-state index is -0.858. The number of para-hydroxylation sites is 1. The molecular formula is C32H27NO5. The lowest BCUT2D eigenvalue weighted by Gasteiger charge is -2.26. The van der Waals surface area contributed by atoms with E-state index in [0.29, 0.717) is 40.7 Å². The molecule has 0 bridgehead atoms. The number of hydrogen-bond donors (Lipinski definition) is 1. The molecule has 1 N–H and O–H groups in total. The molecule has 0 saturated carbocycles. The van der Waals surface area contributed by atoms with Gasteiger partial charge in [-0.15, -0.1) is 0 Å². The fourth-order valence-corrected chi connectivity index (χ4v) is 4.52. The van der Waals surface area contributed by atoms with Gasteiger partial charge in [-0.3, -0.25) is 14.5 Å². The van der Waals surface area contributed by atoms with Crippen LogP contribution in [0.2, 0.25) is 0 Å². The minimum Gasteiger partial charge on any atom is -0.507 e. The van der Waals surface area contributed by atoms with Crippen molar-refractivity contribution in [3.63, 3.8) is 0 Å². The number of hydrogen-bond acceptors (Lipinski definition) is 5. The van der Waals surface area contributed by atoms with Crippen LogP contribution in [0.15, 0.2) is 109 Å². The summed E-state index contributed by atoms with van der Waals surface area (Å²) in [5.41, 5.74) is 2.64. The number of rotatable bonds is 7. The number of carbonyl (C=O) groups is 2. The molecule has 4 aromatic carbocycles. The van der Waals surface area contributed by atoms with Gasteiger partial charge in [0.1, 0.15) is 23.0 Å². The number of benzene rings is 4. The number of ether oxygens (including phenoxy) is 2. The van der Waals surface area contributed by atoms with Gasteiger partial charge in [0.05, 0.1) is 18.2 Å². The van der Waals surface area contributed by atoms with Crippen LogP contribution in [0.25, 0.3) is 5.76 Å². The first-order chi connectivity index (χ1) is 18.5. The first-order valence-corrected chi connectivity index (χ1v) is 12.4. The van der Waals surface area contributed by atoms with Crippen LogP contribution in [0.3, 0.4) is 0 Å². The highest BCUT2D eigenvalue weighted by molar-refractivity contribution is 6.51. The number of nitrogens with zero attached hydrogens (tertiary/aromatic N) is 1. The Hall–Kier alpha value is -4.84. The fraction of sp³-hybridized carbons (Fsp3) is 0.125. The minimum absolute atomic E-state index is 0.0107. The lowest BCUT2D eigenvalue weighted by atomic mass is 9.95. The molecule has 1 saturated heterocycles. The third-order valence-corrected chi connectivity index (χ3v) is 6.35. The van der Waals surface area contributed by atoms with Gasteiger partial charge in [-0.1, -0.05) is 48.0 Å². The molecule has 0 spiro atoms. The van der Waals surface area contributed by atoms with Crippen molar-refractivity contribution in [2.24, 2.45) is 0 Å².